The average Bonchev–Trinajstić information content (AvgIpc) is 1.80. The Morgan fingerprint density at radius 2 is 1.39 bits per heavy atom. The second-order valence-corrected chi connectivity index (χ2v) is 25.2. The van der Waals surface area contributed by atoms with Crippen molar-refractivity contribution in [1.29, 1.82) is 5.41 Å². The zero-order valence-corrected chi connectivity index (χ0v) is 56.2. The molecule has 3 heterocycles. The highest BCUT2D eigenvalue weighted by atomic mass is 33.1. The highest BCUT2D eigenvalue weighted by Gasteiger charge is 2.39. The number of nitrogens with one attached hydrogen (secondary N) is 9. The van der Waals surface area contributed by atoms with Crippen LogP contribution in [0.25, 0.3) is 33.8 Å². The molecule has 8 amide bonds. The number of carboxylic acid groups (broad SMARTS) is 4. The Labute approximate surface area is 573 Å². The number of aromatic nitrogens is 4. The van der Waals surface area contributed by atoms with Crippen LogP contribution in [0.5, 0.6) is 5.75 Å². The summed E-state index contributed by atoms with van der Waals surface area (Å²) in [4.78, 5) is 181. The number of ether oxygens (including phenoxy) is 3. The van der Waals surface area contributed by atoms with Gasteiger partial charge in [0.2, 0.25) is 29.5 Å². The monoisotopic (exact) mass is 1430 g/mol. The fraction of sp³-hybridized carbons (Fsp3) is 0.450. The lowest BCUT2D eigenvalue weighted by Gasteiger charge is -2.30. The number of hydrogen-bond donors (Lipinski definition) is 15. The first-order valence-corrected chi connectivity index (χ1v) is 32.6. The van der Waals surface area contributed by atoms with Crippen molar-refractivity contribution in [2.75, 3.05) is 51.5 Å². The van der Waals surface area contributed by atoms with E-state index in [-0.39, 0.29) is 38.5 Å². The van der Waals surface area contributed by atoms with E-state index in [1.165, 1.54) is 11.9 Å². The van der Waals surface area contributed by atoms with Crippen molar-refractivity contribution >= 4 is 105 Å². The zero-order valence-electron chi connectivity index (χ0n) is 54.5. The number of carboxylic acids is 4. The van der Waals surface area contributed by atoms with E-state index >= 15 is 0 Å². The van der Waals surface area contributed by atoms with Crippen LogP contribution in [0.2, 0.25) is 0 Å². The molecule has 538 valence electrons. The lowest BCUT2D eigenvalue weighted by molar-refractivity contribution is -0.185. The second kappa shape index (κ2) is 40.1. The van der Waals surface area contributed by atoms with Gasteiger partial charge in [-0.25, -0.2) is 24.2 Å². The summed E-state index contributed by atoms with van der Waals surface area (Å²) in [6.07, 6.45) is -3.73. The SMILES string of the molecule is CC(=O)C[C@@H](NC(=O)[C@@H](CCCNC(=N)N)NC(=O)[C@H](CC(=O)O)NC(=O)CC[C@@H](NC(=O)CONC(=O)OC(C)(C)C)C(=O)O)C(=O)N(O)[C@@H](CC(=O)O)C(=O)N[C@@H](CSSCCOC(=O)N(C)CCOc1ccc(-c2cc(-c3n[nH]cc3-c3cccc(C)n3)ccn2)cc1)C(=O)O. The molecule has 0 saturated heterocycles. The number of benzene rings is 1. The number of guanidine groups is 1. The van der Waals surface area contributed by atoms with Crippen molar-refractivity contribution in [2.45, 2.75) is 121 Å². The van der Waals surface area contributed by atoms with Crippen molar-refractivity contribution < 1.29 is 107 Å². The average molecular weight is 1430 g/mol. The van der Waals surface area contributed by atoms with Crippen molar-refractivity contribution in [3.8, 4) is 39.5 Å². The summed E-state index contributed by atoms with van der Waals surface area (Å²) in [5.41, 5.74) is 11.8. The molecule has 0 saturated carbocycles. The summed E-state index contributed by atoms with van der Waals surface area (Å²) in [6.45, 7) is 6.53. The Morgan fingerprint density at radius 1 is 0.737 bits per heavy atom. The molecule has 0 aliphatic heterocycles. The van der Waals surface area contributed by atoms with E-state index in [0.29, 0.717) is 17.1 Å². The number of hydroxylamine groups is 3. The van der Waals surface area contributed by atoms with Gasteiger partial charge < -0.3 is 77.2 Å². The normalized spacial score (nSPS) is 12.8. The topological polar surface area (TPSA) is 555 Å². The van der Waals surface area contributed by atoms with Gasteiger partial charge in [0.05, 0.1) is 30.8 Å². The standard InChI is InChI=1S/C60H79N15O22S2/c1-32-9-7-10-38(66-32)37-29-65-72-50(37)35-18-20-63-41(26-35)34-12-14-36(15-13-34)94-22-21-74(6)59(92)95-23-24-98-99-31-44(56(89)90)71-53(85)45(28-49(81)82)75(93)54(86)43(25-33(2)76)70-51(83)39(11-8-19-64-57(61)62)69-52(84)42(27-48(79)80)68-46(77)17-16-40(55(87)88)67-47(78)30-96-73-58(91)97-60(3,4)5/h7,9-10,12-15,18,20,26,29,39-40,42-45,93H,8,11,16-17,19,21-25,27-28,30-31H2,1-6H3,(H,65,72)(H,67,78)(H,68,77)(H,69,84)(H,70,83)(H,71,85)(H,73,91)(H,79,80)(H,81,82)(H,87,88)(H,89,90)(H4,61,62,64)/t39-,40-,42+,43-,44+,45+/m1/s1. The first-order chi connectivity index (χ1) is 46.7. The summed E-state index contributed by atoms with van der Waals surface area (Å²) in [6, 6.07) is 4.74. The molecule has 1 aromatic carbocycles. The maximum Gasteiger partial charge on any atom is 0.431 e. The molecule has 37 nitrogen and oxygen atoms in total. The summed E-state index contributed by atoms with van der Waals surface area (Å²) >= 11 is 0. The Kier molecular flexibility index (Phi) is 32.7. The zero-order chi connectivity index (χ0) is 73.5. The number of carbonyl (C=O) groups excluding carboxylic acids is 9. The fourth-order valence-corrected chi connectivity index (χ4v) is 10.6. The van der Waals surface area contributed by atoms with Gasteiger partial charge in [0.15, 0.2) is 12.6 Å². The maximum absolute atomic E-state index is 14.0. The highest BCUT2D eigenvalue weighted by molar-refractivity contribution is 8.76. The molecule has 0 spiro atoms. The number of aryl methyl sites for hydroxylation is 1. The third kappa shape index (κ3) is 29.3. The molecule has 6 atom stereocenters. The number of carbonyl (C=O) groups is 13. The van der Waals surface area contributed by atoms with E-state index < -0.39 is 181 Å². The molecular weight excluding hydrogens is 1350 g/mol. The number of hydrogen-bond acceptors (Lipinski definition) is 24. The predicted molar refractivity (Wildman–Crippen MR) is 350 cm³/mol. The maximum atomic E-state index is 14.0. The minimum atomic E-state index is -2.42. The van der Waals surface area contributed by atoms with Crippen LogP contribution < -0.4 is 47.9 Å². The van der Waals surface area contributed by atoms with Gasteiger partial charge in [-0.05, 0) is 102 Å². The third-order valence-corrected chi connectivity index (χ3v) is 15.7. The minimum absolute atomic E-state index is 0.0956. The lowest BCUT2D eigenvalue weighted by Crippen LogP contribution is -2.60. The molecule has 0 aliphatic rings. The number of rotatable bonds is 41. The molecule has 4 aromatic rings. The summed E-state index contributed by atoms with van der Waals surface area (Å²) in [5, 5.41) is 77.6. The summed E-state index contributed by atoms with van der Waals surface area (Å²) in [5.74, 6) is -16.0. The van der Waals surface area contributed by atoms with Crippen LogP contribution >= 0.6 is 21.6 Å². The second-order valence-electron chi connectivity index (χ2n) is 22.6. The summed E-state index contributed by atoms with van der Waals surface area (Å²) in [7, 11) is 3.40. The molecule has 0 unspecified atom stereocenters. The molecule has 0 fully saturated rings. The van der Waals surface area contributed by atoms with E-state index in [9.17, 15) is 88.0 Å². The number of amides is 8. The number of nitrogens with two attached hydrogens (primary N) is 1. The number of Topliss-reactive ketones (excluding diaryl/α,β-unsaturated/α-hetero) is 1. The van der Waals surface area contributed by atoms with Crippen molar-refractivity contribution in [1.82, 2.24) is 67.5 Å². The quantitative estimate of drug-likeness (QED) is 0.00734. The number of pyridine rings is 2. The molecule has 0 bridgehead atoms. The van der Waals surface area contributed by atoms with Crippen LogP contribution in [0.3, 0.4) is 0 Å². The van der Waals surface area contributed by atoms with Gasteiger partial charge in [-0.3, -0.25) is 73.7 Å². The fourth-order valence-electron chi connectivity index (χ4n) is 8.62. The van der Waals surface area contributed by atoms with Crippen LogP contribution in [0.4, 0.5) is 9.59 Å². The van der Waals surface area contributed by atoms with E-state index in [1.807, 2.05) is 65.5 Å². The highest BCUT2D eigenvalue weighted by Crippen LogP contribution is 2.32. The van der Waals surface area contributed by atoms with Gasteiger partial charge in [0, 0.05) is 72.7 Å². The van der Waals surface area contributed by atoms with E-state index in [0.717, 1.165) is 56.6 Å². The van der Waals surface area contributed by atoms with Gasteiger partial charge in [0.1, 0.15) is 72.3 Å². The predicted octanol–water partition coefficient (Wildman–Crippen LogP) is 0.946. The molecule has 0 radical (unpaired) electrons. The van der Waals surface area contributed by atoms with Gasteiger partial charge >= 0.3 is 36.1 Å². The number of aliphatic carboxylic acids is 4. The smallest absolute Gasteiger partial charge is 0.431 e. The number of ketones is 1. The van der Waals surface area contributed by atoms with Crippen LogP contribution in [0.1, 0.15) is 78.3 Å². The number of H-pyrrole nitrogens is 1. The molecule has 39 heteroatoms. The molecule has 0 aliphatic carbocycles. The summed E-state index contributed by atoms with van der Waals surface area (Å²) < 4.78 is 16.1. The molecule has 16 N–H and O–H groups in total. The molecule has 99 heavy (non-hydrogen) atoms. The largest absolute Gasteiger partial charge is 0.492 e. The van der Waals surface area contributed by atoms with Gasteiger partial charge in [-0.1, -0.05) is 27.7 Å². The third-order valence-electron chi connectivity index (χ3n) is 13.3. The Morgan fingerprint density at radius 3 is 2.03 bits per heavy atom. The number of nitrogens with zero attached hydrogens (tertiary/aromatic N) is 5. The van der Waals surface area contributed by atoms with Crippen molar-refractivity contribution in [3.05, 3.63) is 72.7 Å². The lowest BCUT2D eigenvalue weighted by atomic mass is 10.0. The van der Waals surface area contributed by atoms with Gasteiger partial charge in [-0.15, -0.1) is 0 Å². The Hall–Kier alpha value is -10.7. The van der Waals surface area contributed by atoms with Gasteiger partial charge in [-0.2, -0.15) is 10.6 Å². The van der Waals surface area contributed by atoms with E-state index in [4.69, 9.17) is 30.2 Å². The molecular formula is C60H79N15O22S2. The van der Waals surface area contributed by atoms with E-state index in [1.54, 1.807) is 45.3 Å². The van der Waals surface area contributed by atoms with Crippen LogP contribution in [-0.2, 0) is 67.1 Å². The minimum Gasteiger partial charge on any atom is -0.492 e. The first-order valence-electron chi connectivity index (χ1n) is 30.1. The van der Waals surface area contributed by atoms with Crippen LogP contribution in [0, 0.1) is 12.3 Å². The van der Waals surface area contributed by atoms with E-state index in [2.05, 4.69) is 41.4 Å². The first kappa shape index (κ1) is 80.8. The van der Waals surface area contributed by atoms with Gasteiger partial charge in [0.25, 0.3) is 5.91 Å². The van der Waals surface area contributed by atoms with Crippen LogP contribution in [0.15, 0.2) is 67.0 Å². The Balaban J connectivity index is 1.31. The van der Waals surface area contributed by atoms with Crippen LogP contribution in [-0.4, -0.2) is 232 Å². The Bertz CT molecular complexity index is 3520. The number of likely N-dealkylation sites (N-methyl/N-ethyl adjacent to an activating group) is 1. The molecule has 4 rings (SSSR count). The van der Waals surface area contributed by atoms with Crippen molar-refractivity contribution in [2.24, 2.45) is 5.73 Å². The molecule has 3 aromatic heterocycles. The van der Waals surface area contributed by atoms with Crippen molar-refractivity contribution in [3.63, 3.8) is 0 Å². The number of aromatic amines is 1.